The second-order valence-corrected chi connectivity index (χ2v) is 5.98. The van der Waals surface area contributed by atoms with Crippen molar-refractivity contribution in [2.75, 3.05) is 33.4 Å². The average molecular weight is 243 g/mol. The number of hydrogen-bond acceptors (Lipinski definition) is 3. The van der Waals surface area contributed by atoms with Gasteiger partial charge in [-0.15, -0.1) is 0 Å². The number of ether oxygens (including phenoxy) is 1. The number of aliphatic hydroxyl groups is 1. The lowest BCUT2D eigenvalue weighted by molar-refractivity contribution is -0.0706. The van der Waals surface area contributed by atoms with E-state index in [9.17, 15) is 5.11 Å². The van der Waals surface area contributed by atoms with Gasteiger partial charge in [-0.3, -0.25) is 0 Å². The minimum atomic E-state index is -0.505. The second-order valence-electron chi connectivity index (χ2n) is 5.98. The highest BCUT2D eigenvalue weighted by Gasteiger charge is 2.47. The summed E-state index contributed by atoms with van der Waals surface area (Å²) in [5.41, 5.74) is -0.0478. The van der Waals surface area contributed by atoms with Crippen LogP contribution in [0.3, 0.4) is 0 Å². The summed E-state index contributed by atoms with van der Waals surface area (Å²) in [5, 5.41) is 9.82. The summed E-state index contributed by atoms with van der Waals surface area (Å²) in [6.45, 7) is 12.0. The van der Waals surface area contributed by atoms with Crippen molar-refractivity contribution in [1.82, 2.24) is 4.90 Å². The maximum Gasteiger partial charge on any atom is 0.0644 e. The molecule has 1 saturated heterocycles. The van der Waals surface area contributed by atoms with Crippen LogP contribution in [0.1, 0.15) is 40.5 Å². The molecule has 1 heterocycles. The molecule has 2 fully saturated rings. The first-order valence-electron chi connectivity index (χ1n) is 6.89. The Kier molecular flexibility index (Phi) is 4.99. The predicted molar refractivity (Wildman–Crippen MR) is 71.1 cm³/mol. The summed E-state index contributed by atoms with van der Waals surface area (Å²) in [6.07, 6.45) is 2.62. The summed E-state index contributed by atoms with van der Waals surface area (Å²) in [4.78, 5) is 2.45. The summed E-state index contributed by atoms with van der Waals surface area (Å²) >= 11 is 0. The molecule has 1 aliphatic heterocycles. The summed E-state index contributed by atoms with van der Waals surface area (Å²) in [7, 11) is 1.79. The Morgan fingerprint density at radius 3 is 2.18 bits per heavy atom. The SMILES string of the molecule is CC.COCC1(CN2CC(C(C)(C)O)C2)CC1. The molecule has 1 N–H and O–H groups in total. The van der Waals surface area contributed by atoms with Crippen molar-refractivity contribution >= 4 is 0 Å². The maximum absolute atomic E-state index is 9.82. The molecule has 3 heteroatoms. The van der Waals surface area contributed by atoms with Gasteiger partial charge in [-0.25, -0.2) is 0 Å². The molecule has 17 heavy (non-hydrogen) atoms. The van der Waals surface area contributed by atoms with Crippen LogP contribution in [0.5, 0.6) is 0 Å². The minimum Gasteiger partial charge on any atom is -0.390 e. The molecule has 0 atom stereocenters. The van der Waals surface area contributed by atoms with Crippen LogP contribution in [0.15, 0.2) is 0 Å². The van der Waals surface area contributed by atoms with Gasteiger partial charge in [0.25, 0.3) is 0 Å². The molecule has 1 aliphatic carbocycles. The van der Waals surface area contributed by atoms with Gasteiger partial charge < -0.3 is 14.7 Å². The lowest BCUT2D eigenvalue weighted by Gasteiger charge is -2.46. The zero-order valence-electron chi connectivity index (χ0n) is 12.1. The molecular weight excluding hydrogens is 214 g/mol. The van der Waals surface area contributed by atoms with E-state index < -0.39 is 5.60 Å². The van der Waals surface area contributed by atoms with Gasteiger partial charge in [-0.05, 0) is 26.7 Å². The van der Waals surface area contributed by atoms with Gasteiger partial charge in [0.1, 0.15) is 0 Å². The third kappa shape index (κ3) is 3.94. The summed E-state index contributed by atoms with van der Waals surface area (Å²) in [6, 6.07) is 0. The molecule has 0 aromatic carbocycles. The molecule has 102 valence electrons. The Bertz CT molecular complexity index is 225. The number of rotatable bonds is 5. The summed E-state index contributed by atoms with van der Waals surface area (Å²) < 4.78 is 5.26. The molecule has 0 bridgehead atoms. The van der Waals surface area contributed by atoms with Crippen molar-refractivity contribution in [2.45, 2.75) is 46.1 Å². The van der Waals surface area contributed by atoms with E-state index in [-0.39, 0.29) is 0 Å². The Morgan fingerprint density at radius 1 is 1.29 bits per heavy atom. The molecule has 0 aromatic heterocycles. The summed E-state index contributed by atoms with van der Waals surface area (Å²) in [5.74, 6) is 0.454. The normalized spacial score (nSPS) is 23.6. The first-order chi connectivity index (χ1) is 7.95. The van der Waals surface area contributed by atoms with Gasteiger partial charge in [0.2, 0.25) is 0 Å². The smallest absolute Gasteiger partial charge is 0.0644 e. The van der Waals surface area contributed by atoms with Crippen LogP contribution in [-0.2, 0) is 4.74 Å². The molecule has 0 unspecified atom stereocenters. The van der Waals surface area contributed by atoms with Crippen LogP contribution in [0.25, 0.3) is 0 Å². The van der Waals surface area contributed by atoms with E-state index in [4.69, 9.17) is 4.74 Å². The Hall–Kier alpha value is -0.120. The van der Waals surface area contributed by atoms with Gasteiger partial charge in [0.15, 0.2) is 0 Å². The van der Waals surface area contributed by atoms with Crippen LogP contribution in [-0.4, -0.2) is 49.0 Å². The molecule has 3 nitrogen and oxygen atoms in total. The monoisotopic (exact) mass is 243 g/mol. The Balaban J connectivity index is 0.000000686. The van der Waals surface area contributed by atoms with Crippen molar-refractivity contribution in [3.63, 3.8) is 0 Å². The third-order valence-electron chi connectivity index (χ3n) is 3.92. The Morgan fingerprint density at radius 2 is 1.82 bits per heavy atom. The largest absolute Gasteiger partial charge is 0.390 e. The third-order valence-corrected chi connectivity index (χ3v) is 3.92. The van der Waals surface area contributed by atoms with Crippen LogP contribution in [0.2, 0.25) is 0 Å². The molecule has 1 saturated carbocycles. The van der Waals surface area contributed by atoms with Gasteiger partial charge >= 0.3 is 0 Å². The quantitative estimate of drug-likeness (QED) is 0.803. The van der Waals surface area contributed by atoms with E-state index >= 15 is 0 Å². The van der Waals surface area contributed by atoms with Crippen molar-refractivity contribution < 1.29 is 9.84 Å². The van der Waals surface area contributed by atoms with Crippen molar-refractivity contribution in [3.8, 4) is 0 Å². The van der Waals surface area contributed by atoms with Crippen molar-refractivity contribution in [3.05, 3.63) is 0 Å². The van der Waals surface area contributed by atoms with Crippen molar-refractivity contribution in [1.29, 1.82) is 0 Å². The van der Waals surface area contributed by atoms with Gasteiger partial charge in [0, 0.05) is 38.1 Å². The van der Waals surface area contributed by atoms with E-state index in [1.807, 2.05) is 27.7 Å². The Labute approximate surface area is 106 Å². The molecular formula is C14H29NO2. The fourth-order valence-electron chi connectivity index (χ4n) is 2.45. The van der Waals surface area contributed by atoms with E-state index in [1.165, 1.54) is 12.8 Å². The fraction of sp³-hybridized carbons (Fsp3) is 1.00. The van der Waals surface area contributed by atoms with E-state index in [0.29, 0.717) is 11.3 Å². The van der Waals surface area contributed by atoms with Crippen LogP contribution in [0.4, 0.5) is 0 Å². The molecule has 2 aliphatic rings. The second kappa shape index (κ2) is 5.68. The van der Waals surface area contributed by atoms with Gasteiger partial charge in [-0.1, -0.05) is 13.8 Å². The zero-order chi connectivity index (χ0) is 13.1. The average Bonchev–Trinajstić information content (AvgIpc) is 2.94. The number of methoxy groups -OCH3 is 1. The van der Waals surface area contributed by atoms with Crippen LogP contribution < -0.4 is 0 Å². The van der Waals surface area contributed by atoms with E-state index in [2.05, 4.69) is 4.90 Å². The van der Waals surface area contributed by atoms with Gasteiger partial charge in [-0.2, -0.15) is 0 Å². The lowest BCUT2D eigenvalue weighted by Crippen LogP contribution is -2.57. The van der Waals surface area contributed by atoms with E-state index in [0.717, 1.165) is 26.2 Å². The minimum absolute atomic E-state index is 0.454. The highest BCUT2D eigenvalue weighted by Crippen LogP contribution is 2.47. The first-order valence-corrected chi connectivity index (χ1v) is 6.89. The zero-order valence-corrected chi connectivity index (χ0v) is 12.1. The molecule has 0 radical (unpaired) electrons. The topological polar surface area (TPSA) is 32.7 Å². The van der Waals surface area contributed by atoms with Crippen LogP contribution in [0, 0.1) is 11.3 Å². The fourth-order valence-corrected chi connectivity index (χ4v) is 2.45. The maximum atomic E-state index is 9.82. The van der Waals surface area contributed by atoms with E-state index in [1.54, 1.807) is 7.11 Å². The number of likely N-dealkylation sites (tertiary alicyclic amines) is 1. The predicted octanol–water partition coefficient (Wildman–Crippen LogP) is 2.14. The number of hydrogen-bond donors (Lipinski definition) is 1. The van der Waals surface area contributed by atoms with Crippen molar-refractivity contribution in [2.24, 2.45) is 11.3 Å². The number of nitrogens with zero attached hydrogens (tertiary/aromatic N) is 1. The highest BCUT2D eigenvalue weighted by atomic mass is 16.5. The first kappa shape index (κ1) is 14.9. The molecule has 2 rings (SSSR count). The molecule has 0 amide bonds. The highest BCUT2D eigenvalue weighted by molar-refractivity contribution is 4.99. The standard InChI is InChI=1S/C12H23NO2.C2H6/c1-11(2,14)10-6-13(7-10)8-12(4-5-12)9-15-3;1-2/h10,14H,4-9H2,1-3H3;1-2H3. The van der Waals surface area contributed by atoms with Crippen LogP contribution >= 0.6 is 0 Å². The van der Waals surface area contributed by atoms with Gasteiger partial charge in [0.05, 0.1) is 12.2 Å². The molecule has 0 spiro atoms. The molecule has 0 aromatic rings. The lowest BCUT2D eigenvalue weighted by atomic mass is 9.84.